The van der Waals surface area contributed by atoms with Gasteiger partial charge in [0.25, 0.3) is 0 Å². The van der Waals surface area contributed by atoms with E-state index in [0.717, 1.165) is 28.7 Å². The number of benzene rings is 1. The normalized spacial score (nSPS) is 13.7. The van der Waals surface area contributed by atoms with Crippen LogP contribution in [0.25, 0.3) is 10.2 Å². The van der Waals surface area contributed by atoms with E-state index in [-0.39, 0.29) is 17.7 Å². The Labute approximate surface area is 135 Å². The monoisotopic (exact) mass is 315 g/mol. The summed E-state index contributed by atoms with van der Waals surface area (Å²) >= 11 is 1.47. The molecule has 2 rings (SSSR count). The quantitative estimate of drug-likeness (QED) is 0.793. The van der Waals surface area contributed by atoms with Gasteiger partial charge in [0.05, 0.1) is 22.3 Å². The molecule has 116 valence electrons. The van der Waals surface area contributed by atoms with Crippen LogP contribution >= 0.6 is 11.3 Å². The molecule has 0 saturated heterocycles. The van der Waals surface area contributed by atoms with Gasteiger partial charge < -0.3 is 5.32 Å². The van der Waals surface area contributed by atoms with Gasteiger partial charge in [0.1, 0.15) is 0 Å². The minimum absolute atomic E-state index is 0.0859. The highest BCUT2D eigenvalue weighted by molar-refractivity contribution is 7.20. The zero-order chi connectivity index (χ0) is 16.1. The van der Waals surface area contributed by atoms with Gasteiger partial charge in [0.15, 0.2) is 10.8 Å². The first-order valence-electron chi connectivity index (χ1n) is 7.65. The number of aromatic nitrogens is 1. The molecule has 2 aromatic rings. The molecule has 0 aliphatic heterocycles. The van der Waals surface area contributed by atoms with Crippen molar-refractivity contribution in [2.24, 2.45) is 5.92 Å². The van der Waals surface area contributed by atoms with Gasteiger partial charge in [-0.3, -0.25) is 4.79 Å². The molecule has 1 aromatic carbocycles. The Kier molecular flexibility index (Phi) is 5.64. The maximum absolute atomic E-state index is 11.9. The molecule has 1 N–H and O–H groups in total. The van der Waals surface area contributed by atoms with E-state index in [0.29, 0.717) is 11.4 Å². The van der Waals surface area contributed by atoms with Gasteiger partial charge in [-0.25, -0.2) is 4.98 Å². The van der Waals surface area contributed by atoms with E-state index in [2.05, 4.69) is 29.4 Å². The molecule has 0 aliphatic carbocycles. The summed E-state index contributed by atoms with van der Waals surface area (Å²) in [5, 5.41) is 13.1. The van der Waals surface area contributed by atoms with Crippen molar-refractivity contribution in [1.82, 2.24) is 10.3 Å². The number of thiazole rings is 1. The predicted octanol–water partition coefficient (Wildman–Crippen LogP) is 3.57. The second kappa shape index (κ2) is 7.48. The van der Waals surface area contributed by atoms with Crippen LogP contribution in [-0.2, 0) is 6.42 Å². The van der Waals surface area contributed by atoms with Crippen LogP contribution in [0.4, 0.5) is 0 Å². The van der Waals surface area contributed by atoms with E-state index in [1.165, 1.54) is 11.3 Å². The Morgan fingerprint density at radius 2 is 2.23 bits per heavy atom. The summed E-state index contributed by atoms with van der Waals surface area (Å²) in [5.41, 5.74) is 2.04. The molecule has 22 heavy (non-hydrogen) atoms. The standard InChI is InChI=1S/C17H21N3OS/c1-4-15(21)17-20-13-8-6-7-12(16(13)22-17)9-11(3)14(10-18)19-5-2/h6-8,11,14,19H,4-5,9H2,1-3H3. The molecule has 0 bridgehead atoms. The number of nitrogens with zero attached hydrogens (tertiary/aromatic N) is 2. The van der Waals surface area contributed by atoms with Crippen molar-refractivity contribution in [2.45, 2.75) is 39.7 Å². The molecule has 0 spiro atoms. The molecule has 1 aromatic heterocycles. The summed E-state index contributed by atoms with van der Waals surface area (Å²) in [5.74, 6) is 0.283. The largest absolute Gasteiger partial charge is 0.302 e. The number of rotatable bonds is 7. The van der Waals surface area contributed by atoms with E-state index in [1.54, 1.807) is 0 Å². The molecule has 0 saturated carbocycles. The molecule has 0 amide bonds. The smallest absolute Gasteiger partial charge is 0.191 e. The first-order chi connectivity index (χ1) is 10.6. The number of fused-ring (bicyclic) bond motifs is 1. The van der Waals surface area contributed by atoms with Crippen molar-refractivity contribution in [3.63, 3.8) is 0 Å². The second-order valence-corrected chi connectivity index (χ2v) is 6.41. The van der Waals surface area contributed by atoms with Crippen LogP contribution in [0.15, 0.2) is 18.2 Å². The number of nitriles is 1. The van der Waals surface area contributed by atoms with Crippen LogP contribution in [0.1, 0.15) is 42.6 Å². The minimum Gasteiger partial charge on any atom is -0.302 e. The van der Waals surface area contributed by atoms with Crippen LogP contribution < -0.4 is 5.32 Å². The number of nitrogens with one attached hydrogen (secondary N) is 1. The molecular formula is C17H21N3OS. The third kappa shape index (κ3) is 3.52. The van der Waals surface area contributed by atoms with Crippen molar-refractivity contribution in [3.05, 3.63) is 28.8 Å². The molecule has 0 aliphatic rings. The number of hydrogen-bond acceptors (Lipinski definition) is 5. The summed E-state index contributed by atoms with van der Waals surface area (Å²) in [6, 6.07) is 8.15. The number of hydrogen-bond donors (Lipinski definition) is 1. The van der Waals surface area contributed by atoms with Crippen LogP contribution in [0.5, 0.6) is 0 Å². The first kappa shape index (κ1) is 16.6. The van der Waals surface area contributed by atoms with E-state index in [9.17, 15) is 10.1 Å². The van der Waals surface area contributed by atoms with Gasteiger partial charge in [-0.1, -0.05) is 32.9 Å². The van der Waals surface area contributed by atoms with Crippen molar-refractivity contribution in [3.8, 4) is 6.07 Å². The molecule has 5 heteroatoms. The van der Waals surface area contributed by atoms with Gasteiger partial charge >= 0.3 is 0 Å². The Bertz CT molecular complexity index is 701. The lowest BCUT2D eigenvalue weighted by Gasteiger charge is -2.18. The lowest BCUT2D eigenvalue weighted by molar-refractivity contribution is 0.0988. The number of Topliss-reactive ketones (excluding diaryl/α,β-unsaturated/α-hetero) is 1. The molecule has 2 atom stereocenters. The van der Waals surface area contributed by atoms with Gasteiger partial charge in [-0.2, -0.15) is 5.26 Å². The Morgan fingerprint density at radius 1 is 1.45 bits per heavy atom. The third-order valence-electron chi connectivity index (χ3n) is 3.73. The van der Waals surface area contributed by atoms with Crippen LogP contribution in [-0.4, -0.2) is 23.4 Å². The molecule has 1 heterocycles. The van der Waals surface area contributed by atoms with E-state index < -0.39 is 0 Å². The molecular weight excluding hydrogens is 294 g/mol. The lowest BCUT2D eigenvalue weighted by Crippen LogP contribution is -2.34. The highest BCUT2D eigenvalue weighted by Gasteiger charge is 2.19. The van der Waals surface area contributed by atoms with Crippen molar-refractivity contribution in [1.29, 1.82) is 5.26 Å². The highest BCUT2D eigenvalue weighted by atomic mass is 32.1. The van der Waals surface area contributed by atoms with Gasteiger partial charge in [0, 0.05) is 6.42 Å². The summed E-state index contributed by atoms with van der Waals surface area (Å²) in [6.45, 7) is 6.71. The molecule has 0 radical (unpaired) electrons. The number of carbonyl (C=O) groups is 1. The predicted molar refractivity (Wildman–Crippen MR) is 90.2 cm³/mol. The van der Waals surface area contributed by atoms with E-state index >= 15 is 0 Å². The minimum atomic E-state index is -0.162. The lowest BCUT2D eigenvalue weighted by atomic mass is 9.94. The Balaban J connectivity index is 2.29. The molecule has 0 fully saturated rings. The summed E-state index contributed by atoms with van der Waals surface area (Å²) in [4.78, 5) is 16.3. The maximum Gasteiger partial charge on any atom is 0.191 e. The summed E-state index contributed by atoms with van der Waals surface area (Å²) in [6.07, 6.45) is 1.27. The highest BCUT2D eigenvalue weighted by Crippen LogP contribution is 2.28. The van der Waals surface area contributed by atoms with Crippen molar-refractivity contribution >= 4 is 27.3 Å². The maximum atomic E-state index is 11.9. The van der Waals surface area contributed by atoms with Gasteiger partial charge in [-0.05, 0) is 30.5 Å². The second-order valence-electron chi connectivity index (χ2n) is 5.41. The average molecular weight is 315 g/mol. The van der Waals surface area contributed by atoms with E-state index in [1.807, 2.05) is 26.0 Å². The van der Waals surface area contributed by atoms with Crippen LogP contribution in [0.2, 0.25) is 0 Å². The molecule has 4 nitrogen and oxygen atoms in total. The zero-order valence-corrected chi connectivity index (χ0v) is 14.0. The zero-order valence-electron chi connectivity index (χ0n) is 13.2. The first-order valence-corrected chi connectivity index (χ1v) is 8.46. The van der Waals surface area contributed by atoms with Crippen LogP contribution in [0, 0.1) is 17.2 Å². The summed E-state index contributed by atoms with van der Waals surface area (Å²) in [7, 11) is 0. The van der Waals surface area contributed by atoms with Crippen molar-refractivity contribution < 1.29 is 4.79 Å². The average Bonchev–Trinajstić information content (AvgIpc) is 2.96. The fourth-order valence-corrected chi connectivity index (χ4v) is 3.59. The van der Waals surface area contributed by atoms with Crippen LogP contribution in [0.3, 0.4) is 0 Å². The molecule has 2 unspecified atom stereocenters. The Hall–Kier alpha value is -1.77. The van der Waals surface area contributed by atoms with E-state index in [4.69, 9.17) is 0 Å². The topological polar surface area (TPSA) is 65.8 Å². The fourth-order valence-electron chi connectivity index (χ4n) is 2.50. The fraction of sp³-hybridized carbons (Fsp3) is 0.471. The van der Waals surface area contributed by atoms with Gasteiger partial charge in [-0.15, -0.1) is 11.3 Å². The number of ketones is 1. The third-order valence-corrected chi connectivity index (χ3v) is 4.92. The van der Waals surface area contributed by atoms with Crippen molar-refractivity contribution in [2.75, 3.05) is 6.54 Å². The SMILES string of the molecule is CCNC(C#N)C(C)Cc1cccc2nc(C(=O)CC)sc12. The summed E-state index contributed by atoms with van der Waals surface area (Å²) < 4.78 is 1.07. The Morgan fingerprint density at radius 3 is 2.86 bits per heavy atom. The number of carbonyl (C=O) groups excluding carboxylic acids is 1. The van der Waals surface area contributed by atoms with Gasteiger partial charge in [0.2, 0.25) is 0 Å².